The summed E-state index contributed by atoms with van der Waals surface area (Å²) in [4.78, 5) is 14.3. The van der Waals surface area contributed by atoms with Crippen molar-refractivity contribution in [2.24, 2.45) is 0 Å². The quantitative estimate of drug-likeness (QED) is 0.832. The Morgan fingerprint density at radius 3 is 2.62 bits per heavy atom. The third kappa shape index (κ3) is 3.56. The number of likely N-dealkylation sites (tertiary alicyclic amines) is 1. The Balaban J connectivity index is 1.60. The van der Waals surface area contributed by atoms with Crippen molar-refractivity contribution in [2.45, 2.75) is 12.5 Å². The van der Waals surface area contributed by atoms with Crippen LogP contribution < -0.4 is 14.2 Å². The molecular weight excluding hydrogens is 310 g/mol. The maximum absolute atomic E-state index is 12.6. The first-order chi connectivity index (χ1) is 11.7. The summed E-state index contributed by atoms with van der Waals surface area (Å²) in [5, 5.41) is 7.81. The van der Waals surface area contributed by atoms with Crippen LogP contribution in [0.4, 0.5) is 0 Å². The van der Waals surface area contributed by atoms with Gasteiger partial charge in [-0.25, -0.2) is 0 Å². The van der Waals surface area contributed by atoms with Crippen LogP contribution >= 0.6 is 0 Å². The highest BCUT2D eigenvalue weighted by atomic mass is 16.5. The van der Waals surface area contributed by atoms with Gasteiger partial charge in [-0.15, -0.1) is 10.2 Å². The van der Waals surface area contributed by atoms with Crippen LogP contribution in [0.5, 0.6) is 17.5 Å². The van der Waals surface area contributed by atoms with E-state index in [1.54, 1.807) is 36.3 Å². The third-order valence-electron chi connectivity index (χ3n) is 3.86. The van der Waals surface area contributed by atoms with Crippen molar-refractivity contribution in [3.63, 3.8) is 0 Å². The van der Waals surface area contributed by atoms with Crippen molar-refractivity contribution in [1.29, 1.82) is 0 Å². The number of ether oxygens (including phenoxy) is 3. The number of amides is 1. The molecule has 0 N–H and O–H groups in total. The number of methoxy groups -OCH3 is 2. The van der Waals surface area contributed by atoms with E-state index in [0.29, 0.717) is 36.2 Å². The minimum absolute atomic E-state index is 0.0270. The van der Waals surface area contributed by atoms with Crippen molar-refractivity contribution in [1.82, 2.24) is 15.1 Å². The lowest BCUT2D eigenvalue weighted by atomic mass is 10.2. The van der Waals surface area contributed by atoms with Crippen LogP contribution in [0.25, 0.3) is 0 Å². The predicted octanol–water partition coefficient (Wildman–Crippen LogP) is 1.79. The molecule has 1 saturated heterocycles. The van der Waals surface area contributed by atoms with Gasteiger partial charge in [-0.2, -0.15) is 0 Å². The van der Waals surface area contributed by atoms with E-state index in [1.807, 2.05) is 12.1 Å². The fourth-order valence-electron chi connectivity index (χ4n) is 2.60. The number of benzene rings is 1. The highest BCUT2D eigenvalue weighted by Gasteiger charge is 2.28. The summed E-state index contributed by atoms with van der Waals surface area (Å²) in [7, 11) is 3.11. The van der Waals surface area contributed by atoms with Gasteiger partial charge in [-0.3, -0.25) is 4.79 Å². The zero-order valence-electron chi connectivity index (χ0n) is 13.6. The number of hydrogen-bond donors (Lipinski definition) is 0. The number of rotatable bonds is 5. The van der Waals surface area contributed by atoms with Crippen LogP contribution in [0.3, 0.4) is 0 Å². The molecule has 24 heavy (non-hydrogen) atoms. The van der Waals surface area contributed by atoms with Crippen molar-refractivity contribution < 1.29 is 19.0 Å². The lowest BCUT2D eigenvalue weighted by Crippen LogP contribution is -2.31. The van der Waals surface area contributed by atoms with E-state index in [2.05, 4.69) is 10.2 Å². The molecule has 1 amide bonds. The van der Waals surface area contributed by atoms with Crippen molar-refractivity contribution in [3.05, 3.63) is 42.0 Å². The number of nitrogens with zero attached hydrogens (tertiary/aromatic N) is 3. The molecule has 0 aliphatic carbocycles. The molecule has 1 aromatic heterocycles. The average Bonchev–Trinajstić information content (AvgIpc) is 3.10. The van der Waals surface area contributed by atoms with Crippen LogP contribution in [-0.4, -0.2) is 54.4 Å². The number of aromatic nitrogens is 2. The molecule has 0 radical (unpaired) electrons. The fourth-order valence-corrected chi connectivity index (χ4v) is 2.60. The molecule has 126 valence electrons. The molecule has 0 saturated carbocycles. The van der Waals surface area contributed by atoms with Crippen molar-refractivity contribution >= 4 is 5.91 Å². The third-order valence-corrected chi connectivity index (χ3v) is 3.86. The van der Waals surface area contributed by atoms with Crippen LogP contribution in [0.1, 0.15) is 16.8 Å². The van der Waals surface area contributed by atoms with Gasteiger partial charge in [-0.1, -0.05) is 6.07 Å². The fraction of sp³-hybridized carbons (Fsp3) is 0.353. The van der Waals surface area contributed by atoms with Gasteiger partial charge >= 0.3 is 0 Å². The SMILES string of the molecule is COc1cccc(C(=O)N2CCC(Oc3ccc(OC)nn3)C2)c1. The molecule has 7 nitrogen and oxygen atoms in total. The van der Waals surface area contributed by atoms with Crippen molar-refractivity contribution in [3.8, 4) is 17.5 Å². The topological polar surface area (TPSA) is 73.8 Å². The second-order valence-electron chi connectivity index (χ2n) is 5.43. The Hall–Kier alpha value is -2.83. The van der Waals surface area contributed by atoms with Gasteiger partial charge < -0.3 is 19.1 Å². The molecule has 1 unspecified atom stereocenters. The normalized spacial score (nSPS) is 16.8. The molecule has 2 aromatic rings. The summed E-state index contributed by atoms with van der Waals surface area (Å²) < 4.78 is 15.9. The first-order valence-corrected chi connectivity index (χ1v) is 7.67. The molecule has 0 bridgehead atoms. The maximum Gasteiger partial charge on any atom is 0.254 e. The smallest absolute Gasteiger partial charge is 0.254 e. The van der Waals surface area contributed by atoms with Gasteiger partial charge in [0.05, 0.1) is 20.8 Å². The molecule has 0 spiro atoms. The standard InChI is InChI=1S/C17H19N3O4/c1-22-13-5-3-4-12(10-13)17(21)20-9-8-14(11-20)24-16-7-6-15(23-2)18-19-16/h3-7,10,14H,8-9,11H2,1-2H3. The van der Waals surface area contributed by atoms with Crippen LogP contribution in [-0.2, 0) is 0 Å². The summed E-state index contributed by atoms with van der Waals surface area (Å²) in [6.45, 7) is 1.16. The lowest BCUT2D eigenvalue weighted by Gasteiger charge is -2.17. The molecule has 1 aliphatic heterocycles. The van der Waals surface area contributed by atoms with Gasteiger partial charge in [-0.05, 0) is 18.2 Å². The van der Waals surface area contributed by atoms with Crippen LogP contribution in [0, 0.1) is 0 Å². The summed E-state index contributed by atoms with van der Waals surface area (Å²) >= 11 is 0. The van der Waals surface area contributed by atoms with E-state index in [1.165, 1.54) is 7.11 Å². The molecule has 1 aromatic carbocycles. The Morgan fingerprint density at radius 1 is 1.12 bits per heavy atom. The summed E-state index contributed by atoms with van der Waals surface area (Å²) in [6, 6.07) is 10.5. The molecule has 1 aliphatic rings. The Bertz CT molecular complexity index is 705. The van der Waals surface area contributed by atoms with E-state index in [4.69, 9.17) is 14.2 Å². The molecule has 3 rings (SSSR count). The first-order valence-electron chi connectivity index (χ1n) is 7.67. The summed E-state index contributed by atoms with van der Waals surface area (Å²) in [5.41, 5.74) is 0.610. The van der Waals surface area contributed by atoms with E-state index < -0.39 is 0 Å². The molecule has 2 heterocycles. The number of carbonyl (C=O) groups excluding carboxylic acids is 1. The van der Waals surface area contributed by atoms with Gasteiger partial charge in [0.1, 0.15) is 11.9 Å². The predicted molar refractivity (Wildman–Crippen MR) is 86.5 cm³/mol. The van der Waals surface area contributed by atoms with E-state index >= 15 is 0 Å². The zero-order valence-corrected chi connectivity index (χ0v) is 13.6. The Labute approximate surface area is 140 Å². The molecule has 1 fully saturated rings. The van der Waals surface area contributed by atoms with E-state index in [9.17, 15) is 4.79 Å². The van der Waals surface area contributed by atoms with Gasteiger partial charge in [0.15, 0.2) is 0 Å². The largest absolute Gasteiger partial charge is 0.497 e. The first kappa shape index (κ1) is 16.0. The minimum Gasteiger partial charge on any atom is -0.497 e. The van der Waals surface area contributed by atoms with Gasteiger partial charge in [0, 0.05) is 30.7 Å². The molecule has 1 atom stereocenters. The van der Waals surface area contributed by atoms with Gasteiger partial charge in [0.25, 0.3) is 5.91 Å². The monoisotopic (exact) mass is 329 g/mol. The highest BCUT2D eigenvalue weighted by Crippen LogP contribution is 2.20. The number of carbonyl (C=O) groups is 1. The Morgan fingerprint density at radius 2 is 1.92 bits per heavy atom. The Kier molecular flexibility index (Phi) is 4.79. The van der Waals surface area contributed by atoms with Crippen LogP contribution in [0.15, 0.2) is 36.4 Å². The van der Waals surface area contributed by atoms with Crippen molar-refractivity contribution in [2.75, 3.05) is 27.3 Å². The van der Waals surface area contributed by atoms with Gasteiger partial charge in [0.2, 0.25) is 11.8 Å². The molecular formula is C17H19N3O4. The highest BCUT2D eigenvalue weighted by molar-refractivity contribution is 5.94. The molecule has 7 heteroatoms. The van der Waals surface area contributed by atoms with E-state index in [-0.39, 0.29) is 12.0 Å². The number of hydrogen-bond acceptors (Lipinski definition) is 6. The summed E-state index contributed by atoms with van der Waals surface area (Å²) in [6.07, 6.45) is 0.658. The summed E-state index contributed by atoms with van der Waals surface area (Å²) in [5.74, 6) is 1.50. The minimum atomic E-state index is -0.0951. The average molecular weight is 329 g/mol. The van der Waals surface area contributed by atoms with E-state index in [0.717, 1.165) is 6.42 Å². The second-order valence-corrected chi connectivity index (χ2v) is 5.43. The second kappa shape index (κ2) is 7.16. The lowest BCUT2D eigenvalue weighted by molar-refractivity contribution is 0.0770. The van der Waals surface area contributed by atoms with Crippen LogP contribution in [0.2, 0.25) is 0 Å². The maximum atomic E-state index is 12.6. The zero-order chi connectivity index (χ0) is 16.9.